The Balaban J connectivity index is 2.69. The minimum atomic E-state index is 0.425. The molecule has 0 aliphatic rings. The summed E-state index contributed by atoms with van der Waals surface area (Å²) in [5.41, 5.74) is 3.77. The zero-order chi connectivity index (χ0) is 11.0. The highest BCUT2D eigenvalue weighted by Crippen LogP contribution is 2.22. The molecule has 0 bridgehead atoms. The Labute approximate surface area is 90.9 Å². The smallest absolute Gasteiger partial charge is 0.0688 e. The largest absolute Gasteiger partial charge is 0.262 e. The molecule has 2 aromatic rings. The second-order valence-corrected chi connectivity index (χ2v) is 4.33. The molecule has 1 heterocycles. The molecule has 0 amide bonds. The van der Waals surface area contributed by atoms with Gasteiger partial charge >= 0.3 is 0 Å². The van der Waals surface area contributed by atoms with Gasteiger partial charge in [0.05, 0.1) is 11.2 Å². The van der Waals surface area contributed by atoms with Gasteiger partial charge in [0, 0.05) is 11.4 Å². The first-order valence-electron chi connectivity index (χ1n) is 5.61. The van der Waals surface area contributed by atoms with Crippen LogP contribution in [0.3, 0.4) is 0 Å². The van der Waals surface area contributed by atoms with Crippen molar-refractivity contribution in [3.05, 3.63) is 29.5 Å². The van der Waals surface area contributed by atoms with Crippen LogP contribution in [0.15, 0.2) is 18.2 Å². The highest BCUT2D eigenvalue weighted by Gasteiger charge is 2.09. The molecule has 0 aliphatic heterocycles. The third-order valence-electron chi connectivity index (χ3n) is 2.85. The SMILES string of the molecule is CCc1ccc2c(c1)c(C)nn2C(C)C. The van der Waals surface area contributed by atoms with Crippen LogP contribution in [0.2, 0.25) is 0 Å². The van der Waals surface area contributed by atoms with E-state index in [1.807, 2.05) is 0 Å². The van der Waals surface area contributed by atoms with Gasteiger partial charge in [-0.2, -0.15) is 5.10 Å². The fraction of sp³-hybridized carbons (Fsp3) is 0.462. The Morgan fingerprint density at radius 3 is 2.67 bits per heavy atom. The average molecular weight is 202 g/mol. The lowest BCUT2D eigenvalue weighted by Gasteiger charge is -2.06. The van der Waals surface area contributed by atoms with Crippen LogP contribution >= 0.6 is 0 Å². The molecule has 0 radical (unpaired) electrons. The third-order valence-corrected chi connectivity index (χ3v) is 2.85. The predicted octanol–water partition coefficient (Wildman–Crippen LogP) is 3.49. The van der Waals surface area contributed by atoms with E-state index in [1.165, 1.54) is 16.5 Å². The maximum atomic E-state index is 4.58. The van der Waals surface area contributed by atoms with Crippen LogP contribution in [0.4, 0.5) is 0 Å². The molecule has 0 saturated carbocycles. The van der Waals surface area contributed by atoms with E-state index in [0.29, 0.717) is 6.04 Å². The zero-order valence-corrected chi connectivity index (χ0v) is 9.91. The van der Waals surface area contributed by atoms with E-state index in [2.05, 4.69) is 55.7 Å². The van der Waals surface area contributed by atoms with E-state index < -0.39 is 0 Å². The van der Waals surface area contributed by atoms with Crippen molar-refractivity contribution in [2.24, 2.45) is 0 Å². The number of hydrogen-bond acceptors (Lipinski definition) is 1. The van der Waals surface area contributed by atoms with Gasteiger partial charge in [-0.3, -0.25) is 4.68 Å². The van der Waals surface area contributed by atoms with Crippen molar-refractivity contribution in [3.63, 3.8) is 0 Å². The van der Waals surface area contributed by atoms with Crippen molar-refractivity contribution >= 4 is 10.9 Å². The van der Waals surface area contributed by atoms with E-state index in [0.717, 1.165) is 12.1 Å². The topological polar surface area (TPSA) is 17.8 Å². The van der Waals surface area contributed by atoms with Crippen LogP contribution < -0.4 is 0 Å². The molecule has 1 aromatic carbocycles. The molecule has 0 unspecified atom stereocenters. The van der Waals surface area contributed by atoms with Crippen molar-refractivity contribution in [2.75, 3.05) is 0 Å². The van der Waals surface area contributed by atoms with Gasteiger partial charge in [-0.25, -0.2) is 0 Å². The van der Waals surface area contributed by atoms with E-state index in [-0.39, 0.29) is 0 Å². The van der Waals surface area contributed by atoms with Crippen LogP contribution in [0.5, 0.6) is 0 Å². The van der Waals surface area contributed by atoms with Gasteiger partial charge in [0.1, 0.15) is 0 Å². The lowest BCUT2D eigenvalue weighted by Crippen LogP contribution is -2.02. The number of aryl methyl sites for hydroxylation is 2. The molecule has 2 rings (SSSR count). The number of rotatable bonds is 2. The Hall–Kier alpha value is -1.31. The number of fused-ring (bicyclic) bond motifs is 1. The Morgan fingerprint density at radius 2 is 2.07 bits per heavy atom. The van der Waals surface area contributed by atoms with Gasteiger partial charge in [0.25, 0.3) is 0 Å². The molecule has 80 valence electrons. The highest BCUT2D eigenvalue weighted by molar-refractivity contribution is 5.82. The maximum Gasteiger partial charge on any atom is 0.0688 e. The lowest BCUT2D eigenvalue weighted by molar-refractivity contribution is 0.547. The lowest BCUT2D eigenvalue weighted by atomic mass is 10.1. The van der Waals surface area contributed by atoms with Gasteiger partial charge in [-0.1, -0.05) is 13.0 Å². The summed E-state index contributed by atoms with van der Waals surface area (Å²) in [7, 11) is 0. The average Bonchev–Trinajstić information content (AvgIpc) is 2.56. The first-order chi connectivity index (χ1) is 7.13. The summed E-state index contributed by atoms with van der Waals surface area (Å²) in [5, 5.41) is 5.88. The van der Waals surface area contributed by atoms with E-state index in [1.54, 1.807) is 0 Å². The van der Waals surface area contributed by atoms with Gasteiger partial charge in [0.15, 0.2) is 0 Å². The van der Waals surface area contributed by atoms with Gasteiger partial charge in [0.2, 0.25) is 0 Å². The number of hydrogen-bond donors (Lipinski definition) is 0. The molecule has 2 nitrogen and oxygen atoms in total. The number of benzene rings is 1. The maximum absolute atomic E-state index is 4.58. The van der Waals surface area contributed by atoms with Crippen LogP contribution in [0.25, 0.3) is 10.9 Å². The minimum Gasteiger partial charge on any atom is -0.262 e. The van der Waals surface area contributed by atoms with Crippen LogP contribution in [-0.2, 0) is 6.42 Å². The van der Waals surface area contributed by atoms with Crippen molar-refractivity contribution < 1.29 is 0 Å². The molecule has 15 heavy (non-hydrogen) atoms. The van der Waals surface area contributed by atoms with Crippen molar-refractivity contribution in [3.8, 4) is 0 Å². The molecule has 0 fully saturated rings. The van der Waals surface area contributed by atoms with Gasteiger partial charge in [-0.15, -0.1) is 0 Å². The first-order valence-corrected chi connectivity index (χ1v) is 5.61. The van der Waals surface area contributed by atoms with Crippen molar-refractivity contribution in [2.45, 2.75) is 40.2 Å². The van der Waals surface area contributed by atoms with Crippen LogP contribution in [0, 0.1) is 6.92 Å². The summed E-state index contributed by atoms with van der Waals surface area (Å²) in [5.74, 6) is 0. The fourth-order valence-electron chi connectivity index (χ4n) is 1.96. The molecular formula is C13H18N2. The summed E-state index contributed by atoms with van der Waals surface area (Å²) < 4.78 is 2.10. The van der Waals surface area contributed by atoms with E-state index in [9.17, 15) is 0 Å². The Kier molecular flexibility index (Phi) is 2.51. The Bertz CT molecular complexity index is 480. The zero-order valence-electron chi connectivity index (χ0n) is 9.91. The second kappa shape index (κ2) is 3.69. The van der Waals surface area contributed by atoms with Crippen LogP contribution in [0.1, 0.15) is 38.1 Å². The summed E-state index contributed by atoms with van der Waals surface area (Å²) in [4.78, 5) is 0. The van der Waals surface area contributed by atoms with Gasteiger partial charge < -0.3 is 0 Å². The normalized spacial score (nSPS) is 11.5. The molecule has 1 aromatic heterocycles. The van der Waals surface area contributed by atoms with Crippen molar-refractivity contribution in [1.29, 1.82) is 0 Å². The summed E-state index contributed by atoms with van der Waals surface area (Å²) in [6, 6.07) is 7.07. The van der Waals surface area contributed by atoms with Gasteiger partial charge in [-0.05, 0) is 44.9 Å². The standard InChI is InChI=1S/C13H18N2/c1-5-11-6-7-13-12(8-11)10(4)14-15(13)9(2)3/h6-9H,5H2,1-4H3. The molecule has 0 atom stereocenters. The van der Waals surface area contributed by atoms with Crippen LogP contribution in [-0.4, -0.2) is 9.78 Å². The monoisotopic (exact) mass is 202 g/mol. The quantitative estimate of drug-likeness (QED) is 0.729. The predicted molar refractivity (Wildman–Crippen MR) is 64.2 cm³/mol. The summed E-state index contributed by atoms with van der Waals surface area (Å²) in [6.07, 6.45) is 1.09. The molecule has 0 aliphatic carbocycles. The molecule has 2 heteroatoms. The summed E-state index contributed by atoms with van der Waals surface area (Å²) >= 11 is 0. The molecule has 0 N–H and O–H groups in total. The van der Waals surface area contributed by atoms with E-state index >= 15 is 0 Å². The minimum absolute atomic E-state index is 0.425. The number of aromatic nitrogens is 2. The molecular weight excluding hydrogens is 184 g/mol. The molecule has 0 spiro atoms. The van der Waals surface area contributed by atoms with Crippen molar-refractivity contribution in [1.82, 2.24) is 9.78 Å². The van der Waals surface area contributed by atoms with E-state index in [4.69, 9.17) is 0 Å². The fourth-order valence-corrected chi connectivity index (χ4v) is 1.96. The summed E-state index contributed by atoms with van der Waals surface area (Å²) in [6.45, 7) is 8.60. The highest BCUT2D eigenvalue weighted by atomic mass is 15.3. The third kappa shape index (κ3) is 1.65. The number of nitrogens with zero attached hydrogens (tertiary/aromatic N) is 2. The Morgan fingerprint density at radius 1 is 1.33 bits per heavy atom. The first kappa shape index (κ1) is 10.2. The molecule has 0 saturated heterocycles. The second-order valence-electron chi connectivity index (χ2n) is 4.33.